The Bertz CT molecular complexity index is 394. The van der Waals surface area contributed by atoms with Crippen LogP contribution in [0.5, 0.6) is 0 Å². The van der Waals surface area contributed by atoms with E-state index in [0.29, 0.717) is 9.75 Å². The second-order valence-electron chi connectivity index (χ2n) is 3.75. The fourth-order valence-electron chi connectivity index (χ4n) is 1.47. The average Bonchev–Trinajstić information content (AvgIpc) is 2.64. The van der Waals surface area contributed by atoms with Gasteiger partial charge in [0.15, 0.2) is 0 Å². The van der Waals surface area contributed by atoms with Crippen LogP contribution in [-0.2, 0) is 9.53 Å². The number of methoxy groups -OCH3 is 1. The van der Waals surface area contributed by atoms with Gasteiger partial charge >= 0.3 is 11.9 Å². The maximum absolute atomic E-state index is 11.2. The molecule has 0 amide bonds. The van der Waals surface area contributed by atoms with Crippen molar-refractivity contribution in [3.63, 3.8) is 0 Å². The van der Waals surface area contributed by atoms with Gasteiger partial charge in [0.05, 0.1) is 13.0 Å². The third kappa shape index (κ3) is 2.61. The summed E-state index contributed by atoms with van der Waals surface area (Å²) in [6, 6.07) is 3.28. The maximum atomic E-state index is 11.2. The van der Waals surface area contributed by atoms with Gasteiger partial charge in [0.2, 0.25) is 0 Å². The van der Waals surface area contributed by atoms with Crippen LogP contribution in [0.2, 0.25) is 0 Å². The predicted octanol–water partition coefficient (Wildman–Crippen LogP) is 2.36. The highest BCUT2D eigenvalue weighted by Crippen LogP contribution is 2.31. The zero-order valence-corrected chi connectivity index (χ0v) is 10.2. The molecule has 1 aromatic rings. The minimum atomic E-state index is -0.867. The fraction of sp³-hybridized carbons (Fsp3) is 0.455. The summed E-state index contributed by atoms with van der Waals surface area (Å²) in [5.41, 5.74) is 0. The first-order valence-corrected chi connectivity index (χ1v) is 5.70. The highest BCUT2D eigenvalue weighted by atomic mass is 32.1. The van der Waals surface area contributed by atoms with Crippen molar-refractivity contribution in [3.05, 3.63) is 21.9 Å². The van der Waals surface area contributed by atoms with Gasteiger partial charge in [-0.1, -0.05) is 13.8 Å². The molecule has 0 fully saturated rings. The molecule has 16 heavy (non-hydrogen) atoms. The zero-order valence-electron chi connectivity index (χ0n) is 9.39. The summed E-state index contributed by atoms with van der Waals surface area (Å²) in [5.74, 6) is -1.87. The van der Waals surface area contributed by atoms with Crippen molar-refractivity contribution in [2.45, 2.75) is 19.8 Å². The van der Waals surface area contributed by atoms with Gasteiger partial charge in [-0.15, -0.1) is 11.3 Å². The molecule has 0 aromatic carbocycles. The van der Waals surface area contributed by atoms with E-state index in [4.69, 9.17) is 5.11 Å². The molecule has 4 nitrogen and oxygen atoms in total. The predicted molar refractivity (Wildman–Crippen MR) is 60.9 cm³/mol. The summed E-state index contributed by atoms with van der Waals surface area (Å²) < 4.78 is 4.57. The molecule has 1 rings (SSSR count). The van der Waals surface area contributed by atoms with Crippen molar-refractivity contribution in [2.24, 2.45) is 5.92 Å². The Kier molecular flexibility index (Phi) is 4.06. The van der Waals surface area contributed by atoms with Gasteiger partial charge in [-0.05, 0) is 18.1 Å². The molecule has 0 radical (unpaired) electrons. The monoisotopic (exact) mass is 242 g/mol. The Morgan fingerprint density at radius 3 is 2.44 bits per heavy atom. The van der Waals surface area contributed by atoms with Crippen LogP contribution in [0, 0.1) is 5.92 Å². The molecular weight excluding hydrogens is 228 g/mol. The number of rotatable bonds is 4. The number of hydrogen-bond donors (Lipinski definition) is 1. The van der Waals surface area contributed by atoms with Gasteiger partial charge in [0.1, 0.15) is 4.88 Å². The number of ether oxygens (including phenoxy) is 1. The van der Waals surface area contributed by atoms with Crippen LogP contribution in [0.4, 0.5) is 0 Å². The lowest BCUT2D eigenvalue weighted by atomic mass is 9.94. The van der Waals surface area contributed by atoms with E-state index in [2.05, 4.69) is 4.74 Å². The van der Waals surface area contributed by atoms with Gasteiger partial charge in [-0.2, -0.15) is 0 Å². The van der Waals surface area contributed by atoms with Crippen LogP contribution >= 0.6 is 11.3 Å². The number of carboxylic acids is 1. The van der Waals surface area contributed by atoms with Crippen molar-refractivity contribution in [1.29, 1.82) is 0 Å². The molecular formula is C11H14O4S. The van der Waals surface area contributed by atoms with Crippen molar-refractivity contribution in [3.8, 4) is 0 Å². The average molecular weight is 242 g/mol. The topological polar surface area (TPSA) is 63.6 Å². The summed E-state index contributed by atoms with van der Waals surface area (Å²) >= 11 is 1.17. The summed E-state index contributed by atoms with van der Waals surface area (Å²) in [6.45, 7) is 3.69. The van der Waals surface area contributed by atoms with Gasteiger partial charge in [0.25, 0.3) is 0 Å². The third-order valence-electron chi connectivity index (χ3n) is 2.25. The fourth-order valence-corrected chi connectivity index (χ4v) is 2.66. The van der Waals surface area contributed by atoms with Gasteiger partial charge < -0.3 is 9.84 Å². The summed E-state index contributed by atoms with van der Waals surface area (Å²) in [6.07, 6.45) is 0. The molecule has 0 aliphatic carbocycles. The van der Waals surface area contributed by atoms with Crippen molar-refractivity contribution < 1.29 is 19.4 Å². The third-order valence-corrected chi connectivity index (χ3v) is 3.40. The van der Waals surface area contributed by atoms with Crippen molar-refractivity contribution in [1.82, 2.24) is 0 Å². The molecule has 1 aromatic heterocycles. The molecule has 5 heteroatoms. The molecule has 0 saturated heterocycles. The molecule has 0 spiro atoms. The largest absolute Gasteiger partial charge is 0.481 e. The molecule has 88 valence electrons. The van der Waals surface area contributed by atoms with E-state index in [1.807, 2.05) is 13.8 Å². The number of carbonyl (C=O) groups excluding carboxylic acids is 1. The molecule has 0 aliphatic rings. The highest BCUT2D eigenvalue weighted by Gasteiger charge is 2.26. The number of hydrogen-bond acceptors (Lipinski definition) is 4. The normalized spacial score (nSPS) is 12.5. The first kappa shape index (κ1) is 12.7. The Morgan fingerprint density at radius 2 is 2.00 bits per heavy atom. The van der Waals surface area contributed by atoms with Crippen molar-refractivity contribution in [2.75, 3.05) is 7.11 Å². The van der Waals surface area contributed by atoms with E-state index in [0.717, 1.165) is 0 Å². The minimum Gasteiger partial charge on any atom is -0.481 e. The zero-order chi connectivity index (χ0) is 12.3. The molecule has 1 N–H and O–H groups in total. The summed E-state index contributed by atoms with van der Waals surface area (Å²) in [7, 11) is 1.30. The summed E-state index contributed by atoms with van der Waals surface area (Å²) in [4.78, 5) is 23.4. The molecule has 0 saturated carbocycles. The number of aliphatic carboxylic acids is 1. The smallest absolute Gasteiger partial charge is 0.348 e. The van der Waals surface area contributed by atoms with Crippen molar-refractivity contribution >= 4 is 23.3 Å². The first-order valence-electron chi connectivity index (χ1n) is 4.88. The Labute approximate surface area is 97.9 Å². The first-order chi connectivity index (χ1) is 7.47. The van der Waals surface area contributed by atoms with E-state index in [1.165, 1.54) is 18.4 Å². The summed E-state index contributed by atoms with van der Waals surface area (Å²) in [5, 5.41) is 9.09. The second-order valence-corrected chi connectivity index (χ2v) is 4.87. The van der Waals surface area contributed by atoms with Gasteiger partial charge in [0, 0.05) is 4.88 Å². The van der Waals surface area contributed by atoms with E-state index >= 15 is 0 Å². The molecule has 1 atom stereocenters. The van der Waals surface area contributed by atoms with Gasteiger partial charge in [-0.25, -0.2) is 4.79 Å². The molecule has 1 heterocycles. The molecule has 0 aliphatic heterocycles. The van der Waals surface area contributed by atoms with E-state index < -0.39 is 17.9 Å². The second kappa shape index (κ2) is 5.12. The standard InChI is InChI=1S/C11H14O4S/c1-6(2)9(10(12)13)7-4-5-8(16-7)11(14)15-3/h4-6,9H,1-3H3,(H,12,13). The number of carbonyl (C=O) groups is 2. The van der Waals surface area contributed by atoms with E-state index in [9.17, 15) is 9.59 Å². The van der Waals surface area contributed by atoms with Gasteiger partial charge in [-0.3, -0.25) is 4.79 Å². The highest BCUT2D eigenvalue weighted by molar-refractivity contribution is 7.14. The number of thiophene rings is 1. The lowest BCUT2D eigenvalue weighted by Crippen LogP contribution is -2.16. The van der Waals surface area contributed by atoms with E-state index in [1.54, 1.807) is 12.1 Å². The Hall–Kier alpha value is -1.36. The SMILES string of the molecule is COC(=O)c1ccc(C(C(=O)O)C(C)C)s1. The van der Waals surface area contributed by atoms with Crippen LogP contribution in [0.25, 0.3) is 0 Å². The quantitative estimate of drug-likeness (QED) is 0.823. The number of esters is 1. The molecule has 1 unspecified atom stereocenters. The van der Waals surface area contributed by atoms with Crippen LogP contribution < -0.4 is 0 Å². The lowest BCUT2D eigenvalue weighted by Gasteiger charge is -2.13. The maximum Gasteiger partial charge on any atom is 0.348 e. The Morgan fingerprint density at radius 1 is 1.38 bits per heavy atom. The van der Waals surface area contributed by atoms with Crippen LogP contribution in [-0.4, -0.2) is 24.2 Å². The van der Waals surface area contributed by atoms with E-state index in [-0.39, 0.29) is 5.92 Å². The number of carboxylic acid groups (broad SMARTS) is 1. The minimum absolute atomic E-state index is 0.0124. The lowest BCUT2D eigenvalue weighted by molar-refractivity contribution is -0.139. The van der Waals surface area contributed by atoms with Crippen LogP contribution in [0.15, 0.2) is 12.1 Å². The molecule has 0 bridgehead atoms. The Balaban J connectivity index is 2.99. The van der Waals surface area contributed by atoms with Crippen LogP contribution in [0.1, 0.15) is 34.3 Å². The van der Waals surface area contributed by atoms with Crippen LogP contribution in [0.3, 0.4) is 0 Å².